The van der Waals surface area contributed by atoms with Crippen LogP contribution in [-0.4, -0.2) is 26.3 Å². The van der Waals surface area contributed by atoms with Crippen molar-refractivity contribution in [3.05, 3.63) is 23.8 Å². The smallest absolute Gasteiger partial charge is 0.338 e. The second-order valence-electron chi connectivity index (χ2n) is 3.43. The lowest BCUT2D eigenvalue weighted by molar-refractivity contribution is 0.0526. The molecule has 1 aromatic rings. The summed E-state index contributed by atoms with van der Waals surface area (Å²) in [5, 5.41) is 0. The van der Waals surface area contributed by atoms with E-state index in [9.17, 15) is 4.79 Å². The van der Waals surface area contributed by atoms with E-state index in [1.807, 2.05) is 6.92 Å². The van der Waals surface area contributed by atoms with Gasteiger partial charge in [-0.25, -0.2) is 4.79 Å². The number of methoxy groups -OCH3 is 1. The molecular weight excluding hydrogens is 220 g/mol. The number of esters is 1. The van der Waals surface area contributed by atoms with Crippen LogP contribution in [0.5, 0.6) is 11.5 Å². The molecule has 0 heterocycles. The lowest BCUT2D eigenvalue weighted by Gasteiger charge is -2.11. The maximum Gasteiger partial charge on any atom is 0.338 e. The molecule has 0 unspecified atom stereocenters. The Bertz CT molecular complexity index is 374. The van der Waals surface area contributed by atoms with Crippen LogP contribution in [0.3, 0.4) is 0 Å². The van der Waals surface area contributed by atoms with Gasteiger partial charge in [-0.15, -0.1) is 0 Å². The second-order valence-corrected chi connectivity index (χ2v) is 3.43. The van der Waals surface area contributed by atoms with E-state index in [4.69, 9.17) is 14.2 Å². The second kappa shape index (κ2) is 6.78. The minimum Gasteiger partial charge on any atom is -0.493 e. The summed E-state index contributed by atoms with van der Waals surface area (Å²) in [5.74, 6) is 0.833. The van der Waals surface area contributed by atoms with Gasteiger partial charge in [0.05, 0.1) is 25.9 Å². The van der Waals surface area contributed by atoms with Crippen LogP contribution >= 0.6 is 0 Å². The monoisotopic (exact) mass is 238 g/mol. The van der Waals surface area contributed by atoms with Crippen molar-refractivity contribution in [2.75, 3.05) is 20.3 Å². The van der Waals surface area contributed by atoms with Crippen molar-refractivity contribution in [3.63, 3.8) is 0 Å². The van der Waals surface area contributed by atoms with Crippen molar-refractivity contribution in [1.82, 2.24) is 0 Å². The first-order valence-corrected chi connectivity index (χ1v) is 5.70. The molecular formula is C13H18O4. The molecule has 1 aromatic carbocycles. The fourth-order valence-corrected chi connectivity index (χ4v) is 1.34. The summed E-state index contributed by atoms with van der Waals surface area (Å²) in [4.78, 5) is 11.5. The first-order chi connectivity index (χ1) is 8.22. The molecule has 4 heteroatoms. The zero-order valence-corrected chi connectivity index (χ0v) is 10.5. The number of benzene rings is 1. The third-order valence-corrected chi connectivity index (χ3v) is 2.14. The molecule has 0 radical (unpaired) electrons. The van der Waals surface area contributed by atoms with Crippen LogP contribution in [0.25, 0.3) is 0 Å². The Morgan fingerprint density at radius 3 is 2.59 bits per heavy atom. The molecule has 0 aromatic heterocycles. The first kappa shape index (κ1) is 13.4. The topological polar surface area (TPSA) is 44.8 Å². The highest BCUT2D eigenvalue weighted by Gasteiger charge is 2.11. The Morgan fingerprint density at radius 1 is 1.24 bits per heavy atom. The standard InChI is InChI=1S/C13H18O4/c1-4-8-17-11-7-6-10(9-12(11)15-3)13(14)16-5-2/h6-7,9H,4-5,8H2,1-3H3. The van der Waals surface area contributed by atoms with Crippen LogP contribution in [0.4, 0.5) is 0 Å². The molecule has 0 aliphatic carbocycles. The van der Waals surface area contributed by atoms with Gasteiger partial charge in [0.15, 0.2) is 11.5 Å². The molecule has 94 valence electrons. The number of hydrogen-bond donors (Lipinski definition) is 0. The number of carbonyl (C=O) groups excluding carboxylic acids is 1. The van der Waals surface area contributed by atoms with Crippen molar-refractivity contribution in [1.29, 1.82) is 0 Å². The fraction of sp³-hybridized carbons (Fsp3) is 0.462. The van der Waals surface area contributed by atoms with Crippen molar-refractivity contribution < 1.29 is 19.0 Å². The molecule has 0 bridgehead atoms. The Hall–Kier alpha value is -1.71. The maximum atomic E-state index is 11.5. The minimum atomic E-state index is -0.354. The van der Waals surface area contributed by atoms with Crippen LogP contribution < -0.4 is 9.47 Å². The van der Waals surface area contributed by atoms with Gasteiger partial charge in [-0.3, -0.25) is 0 Å². The lowest BCUT2D eigenvalue weighted by Crippen LogP contribution is -2.05. The van der Waals surface area contributed by atoms with Gasteiger partial charge in [0.25, 0.3) is 0 Å². The van der Waals surface area contributed by atoms with Gasteiger partial charge < -0.3 is 14.2 Å². The number of hydrogen-bond acceptors (Lipinski definition) is 4. The van der Waals surface area contributed by atoms with E-state index in [2.05, 4.69) is 0 Å². The van der Waals surface area contributed by atoms with Crippen LogP contribution in [0, 0.1) is 0 Å². The summed E-state index contributed by atoms with van der Waals surface area (Å²) in [5.41, 5.74) is 0.465. The summed E-state index contributed by atoms with van der Waals surface area (Å²) in [7, 11) is 1.54. The molecule has 1 rings (SSSR count). The highest BCUT2D eigenvalue weighted by atomic mass is 16.5. The largest absolute Gasteiger partial charge is 0.493 e. The van der Waals surface area contributed by atoms with Crippen LogP contribution in [0.1, 0.15) is 30.6 Å². The minimum absolute atomic E-state index is 0.354. The fourth-order valence-electron chi connectivity index (χ4n) is 1.34. The predicted molar refractivity (Wildman–Crippen MR) is 64.7 cm³/mol. The zero-order chi connectivity index (χ0) is 12.7. The van der Waals surface area contributed by atoms with Gasteiger partial charge in [0.2, 0.25) is 0 Å². The van der Waals surface area contributed by atoms with Crippen LogP contribution in [0.15, 0.2) is 18.2 Å². The average Bonchev–Trinajstić information content (AvgIpc) is 2.36. The van der Waals surface area contributed by atoms with Crippen molar-refractivity contribution in [2.45, 2.75) is 20.3 Å². The molecule has 0 saturated heterocycles. The molecule has 0 aliphatic heterocycles. The van der Waals surface area contributed by atoms with Gasteiger partial charge in [-0.2, -0.15) is 0 Å². The first-order valence-electron chi connectivity index (χ1n) is 5.70. The highest BCUT2D eigenvalue weighted by molar-refractivity contribution is 5.90. The molecule has 4 nitrogen and oxygen atoms in total. The van der Waals surface area contributed by atoms with E-state index in [0.717, 1.165) is 6.42 Å². The van der Waals surface area contributed by atoms with Crippen molar-refractivity contribution in [2.24, 2.45) is 0 Å². The summed E-state index contributed by atoms with van der Waals surface area (Å²) in [6.07, 6.45) is 0.919. The van der Waals surface area contributed by atoms with Crippen molar-refractivity contribution in [3.8, 4) is 11.5 Å². The molecule has 0 atom stereocenters. The maximum absolute atomic E-state index is 11.5. The molecule has 0 amide bonds. The normalized spacial score (nSPS) is 9.82. The van der Waals surface area contributed by atoms with Gasteiger partial charge >= 0.3 is 5.97 Å². The molecule has 0 saturated carbocycles. The lowest BCUT2D eigenvalue weighted by atomic mass is 10.2. The Labute approximate surface area is 101 Å². The summed E-state index contributed by atoms with van der Waals surface area (Å²) in [6.45, 7) is 4.78. The van der Waals surface area contributed by atoms with Gasteiger partial charge in [0.1, 0.15) is 0 Å². The number of rotatable bonds is 6. The Kier molecular flexibility index (Phi) is 5.33. The highest BCUT2D eigenvalue weighted by Crippen LogP contribution is 2.28. The van der Waals surface area contributed by atoms with E-state index in [-0.39, 0.29) is 5.97 Å². The van der Waals surface area contributed by atoms with Gasteiger partial charge in [-0.05, 0) is 31.5 Å². The van der Waals surface area contributed by atoms with Crippen LogP contribution in [0.2, 0.25) is 0 Å². The predicted octanol–water partition coefficient (Wildman–Crippen LogP) is 2.66. The number of ether oxygens (including phenoxy) is 3. The third kappa shape index (κ3) is 3.66. The molecule has 0 fully saturated rings. The SMILES string of the molecule is CCCOc1ccc(C(=O)OCC)cc1OC. The van der Waals surface area contributed by atoms with E-state index in [1.165, 1.54) is 0 Å². The zero-order valence-electron chi connectivity index (χ0n) is 10.5. The summed E-state index contributed by atoms with van der Waals surface area (Å²) < 4.78 is 15.6. The van der Waals surface area contributed by atoms with E-state index in [0.29, 0.717) is 30.3 Å². The molecule has 17 heavy (non-hydrogen) atoms. The van der Waals surface area contributed by atoms with E-state index in [1.54, 1.807) is 32.2 Å². The summed E-state index contributed by atoms with van der Waals surface area (Å²) in [6, 6.07) is 5.02. The average molecular weight is 238 g/mol. The van der Waals surface area contributed by atoms with Gasteiger partial charge in [-0.1, -0.05) is 6.92 Å². The Morgan fingerprint density at radius 2 is 2.00 bits per heavy atom. The molecule has 0 aliphatic rings. The quantitative estimate of drug-likeness (QED) is 0.715. The molecule has 0 N–H and O–H groups in total. The van der Waals surface area contributed by atoms with E-state index >= 15 is 0 Å². The summed E-state index contributed by atoms with van der Waals surface area (Å²) >= 11 is 0. The van der Waals surface area contributed by atoms with Gasteiger partial charge in [0, 0.05) is 0 Å². The Balaban J connectivity index is 2.87. The number of carbonyl (C=O) groups is 1. The third-order valence-electron chi connectivity index (χ3n) is 2.14. The van der Waals surface area contributed by atoms with E-state index < -0.39 is 0 Å². The molecule has 0 spiro atoms. The van der Waals surface area contributed by atoms with Crippen LogP contribution in [-0.2, 0) is 4.74 Å². The van der Waals surface area contributed by atoms with Crippen molar-refractivity contribution >= 4 is 5.97 Å².